The average Bonchev–Trinajstić information content (AvgIpc) is 2.82. The molecule has 0 aliphatic heterocycles. The molecule has 0 aliphatic rings. The summed E-state index contributed by atoms with van der Waals surface area (Å²) in [5.74, 6) is -7.77. The molecule has 0 aromatic heterocycles. The van der Waals surface area contributed by atoms with Crippen LogP contribution in [0, 0.1) is 29.1 Å². The van der Waals surface area contributed by atoms with E-state index in [0.29, 0.717) is 29.8 Å². The molecule has 1 nitrogen and oxygen atoms in total. The van der Waals surface area contributed by atoms with Crippen LogP contribution in [-0.2, 0) is 12.5 Å². The van der Waals surface area contributed by atoms with Gasteiger partial charge in [-0.25, -0.2) is 22.0 Å². The van der Waals surface area contributed by atoms with Gasteiger partial charge in [-0.1, -0.05) is 49.7 Å². The van der Waals surface area contributed by atoms with Gasteiger partial charge in [0.2, 0.25) is 0 Å². The molecule has 0 saturated carbocycles. The largest absolute Gasteiger partial charge is 0.432 e. The van der Waals surface area contributed by atoms with E-state index in [9.17, 15) is 30.7 Å². The zero-order valence-corrected chi connectivity index (χ0v) is 20.8. The van der Waals surface area contributed by atoms with E-state index >= 15 is 0 Å². The molecule has 0 spiro atoms. The van der Waals surface area contributed by atoms with Gasteiger partial charge in [0.15, 0.2) is 0 Å². The van der Waals surface area contributed by atoms with Crippen LogP contribution in [0.25, 0.3) is 22.3 Å². The predicted octanol–water partition coefficient (Wildman–Crippen LogP) is 9.56. The van der Waals surface area contributed by atoms with Crippen LogP contribution in [-0.4, -0.2) is 0 Å². The molecular formula is C28H18BrF7O. The zero-order chi connectivity index (χ0) is 26.9. The fraction of sp³-hybridized carbons (Fsp3) is 0.143. The third-order valence-electron chi connectivity index (χ3n) is 5.64. The second-order valence-corrected chi connectivity index (χ2v) is 9.07. The predicted molar refractivity (Wildman–Crippen MR) is 130 cm³/mol. The van der Waals surface area contributed by atoms with Crippen molar-refractivity contribution in [3.8, 4) is 28.0 Å². The molecule has 0 saturated heterocycles. The molecule has 9 heteroatoms. The smallest absolute Gasteiger partial charge is 0.429 e. The molecule has 37 heavy (non-hydrogen) atoms. The van der Waals surface area contributed by atoms with Crippen LogP contribution in [0.2, 0.25) is 0 Å². The number of alkyl halides is 2. The first-order valence-corrected chi connectivity index (χ1v) is 11.9. The summed E-state index contributed by atoms with van der Waals surface area (Å²) in [6.45, 7) is 2.05. The van der Waals surface area contributed by atoms with Crippen molar-refractivity contribution >= 4 is 15.9 Å². The maximum absolute atomic E-state index is 14.9. The van der Waals surface area contributed by atoms with Crippen molar-refractivity contribution in [1.29, 1.82) is 0 Å². The highest BCUT2D eigenvalue weighted by atomic mass is 79.9. The molecule has 0 atom stereocenters. The lowest BCUT2D eigenvalue weighted by atomic mass is 9.97. The van der Waals surface area contributed by atoms with Crippen LogP contribution in [0.15, 0.2) is 71.2 Å². The Kier molecular flexibility index (Phi) is 7.64. The highest BCUT2D eigenvalue weighted by Gasteiger charge is 2.41. The molecule has 4 aromatic carbocycles. The number of aryl methyl sites for hydroxylation is 1. The van der Waals surface area contributed by atoms with Gasteiger partial charge in [0.25, 0.3) is 0 Å². The van der Waals surface area contributed by atoms with Gasteiger partial charge in [0.1, 0.15) is 40.4 Å². The van der Waals surface area contributed by atoms with Crippen molar-refractivity contribution in [3.05, 3.63) is 111 Å². The average molecular weight is 583 g/mol. The van der Waals surface area contributed by atoms with E-state index in [1.165, 1.54) is 12.1 Å². The fourth-order valence-electron chi connectivity index (χ4n) is 3.88. The number of halogens is 8. The third kappa shape index (κ3) is 5.66. The highest BCUT2D eigenvalue weighted by Crippen LogP contribution is 2.39. The lowest BCUT2D eigenvalue weighted by molar-refractivity contribution is -0.189. The van der Waals surface area contributed by atoms with Crippen molar-refractivity contribution in [2.75, 3.05) is 0 Å². The Labute approximate surface area is 216 Å². The second-order valence-electron chi connectivity index (χ2n) is 8.28. The van der Waals surface area contributed by atoms with E-state index < -0.39 is 51.0 Å². The summed E-state index contributed by atoms with van der Waals surface area (Å²) in [5.41, 5.74) is 0.0655. The zero-order valence-electron chi connectivity index (χ0n) is 19.2. The fourth-order valence-corrected chi connectivity index (χ4v) is 4.11. The summed E-state index contributed by atoms with van der Waals surface area (Å²) < 4.78 is 105. The summed E-state index contributed by atoms with van der Waals surface area (Å²) in [7, 11) is 0. The summed E-state index contributed by atoms with van der Waals surface area (Å²) in [5, 5.41) is 0. The van der Waals surface area contributed by atoms with E-state index in [4.69, 9.17) is 0 Å². The van der Waals surface area contributed by atoms with E-state index in [0.717, 1.165) is 24.0 Å². The number of benzene rings is 4. The van der Waals surface area contributed by atoms with Crippen molar-refractivity contribution in [2.45, 2.75) is 25.9 Å². The molecule has 0 aliphatic carbocycles. The second kappa shape index (κ2) is 10.6. The minimum absolute atomic E-state index is 0.211. The first-order chi connectivity index (χ1) is 17.5. The molecule has 0 fully saturated rings. The van der Waals surface area contributed by atoms with E-state index in [1.807, 2.05) is 24.3 Å². The first-order valence-electron chi connectivity index (χ1n) is 11.1. The van der Waals surface area contributed by atoms with Crippen molar-refractivity contribution in [1.82, 2.24) is 0 Å². The molecule has 0 N–H and O–H groups in total. The van der Waals surface area contributed by atoms with Gasteiger partial charge in [-0.05, 0) is 62.8 Å². The van der Waals surface area contributed by atoms with Crippen molar-refractivity contribution < 1.29 is 35.5 Å². The minimum Gasteiger partial charge on any atom is -0.429 e. The Morgan fingerprint density at radius 2 is 1.22 bits per heavy atom. The van der Waals surface area contributed by atoms with E-state index in [-0.39, 0.29) is 11.1 Å². The van der Waals surface area contributed by atoms with Gasteiger partial charge in [0, 0.05) is 17.7 Å². The number of ether oxygens (including phenoxy) is 1. The van der Waals surface area contributed by atoms with Gasteiger partial charge < -0.3 is 4.74 Å². The molecule has 0 bridgehead atoms. The summed E-state index contributed by atoms with van der Waals surface area (Å²) in [6, 6.07) is 13.5. The molecule has 0 unspecified atom stereocenters. The Balaban J connectivity index is 1.64. The SMILES string of the molecule is CCCc1ccc(-c2ccc(-c3cc(F)c(C(F)(F)Oc4cc(F)c(Br)c(F)c4)c(F)c3)c(F)c2)cc1. The molecule has 192 valence electrons. The normalized spacial score (nSPS) is 11.6. The Hall–Kier alpha value is -3.33. The Morgan fingerprint density at radius 1 is 0.676 bits per heavy atom. The number of hydrogen-bond donors (Lipinski definition) is 0. The summed E-state index contributed by atoms with van der Waals surface area (Å²) in [6.07, 6.45) is -2.75. The first kappa shape index (κ1) is 26.7. The maximum atomic E-state index is 14.9. The molecule has 4 rings (SSSR count). The van der Waals surface area contributed by atoms with E-state index in [1.54, 1.807) is 6.07 Å². The highest BCUT2D eigenvalue weighted by molar-refractivity contribution is 9.10. The summed E-state index contributed by atoms with van der Waals surface area (Å²) in [4.78, 5) is 0. The molecule has 0 radical (unpaired) electrons. The minimum atomic E-state index is -4.63. The van der Waals surface area contributed by atoms with Gasteiger partial charge in [-0.15, -0.1) is 0 Å². The lowest BCUT2D eigenvalue weighted by Gasteiger charge is -2.20. The monoisotopic (exact) mass is 582 g/mol. The maximum Gasteiger partial charge on any atom is 0.432 e. The summed E-state index contributed by atoms with van der Waals surface area (Å²) >= 11 is 2.58. The molecular weight excluding hydrogens is 565 g/mol. The Bertz CT molecular complexity index is 1410. The standard InChI is InChI=1S/C28H18BrF7O/c1-2-3-15-4-6-16(7-5-15)17-8-9-20(21(30)10-17)18-11-22(31)26(23(32)12-18)28(35,36)37-19-13-24(33)27(29)25(34)14-19/h4-14H,2-3H2,1H3. The number of rotatable bonds is 7. The Morgan fingerprint density at radius 3 is 1.76 bits per heavy atom. The topological polar surface area (TPSA) is 9.23 Å². The van der Waals surface area contributed by atoms with Crippen LogP contribution < -0.4 is 4.74 Å². The van der Waals surface area contributed by atoms with Crippen LogP contribution in [0.3, 0.4) is 0 Å². The van der Waals surface area contributed by atoms with Crippen LogP contribution in [0.4, 0.5) is 30.7 Å². The number of hydrogen-bond acceptors (Lipinski definition) is 1. The van der Waals surface area contributed by atoms with Crippen LogP contribution in [0.1, 0.15) is 24.5 Å². The van der Waals surface area contributed by atoms with Gasteiger partial charge in [-0.3, -0.25) is 0 Å². The van der Waals surface area contributed by atoms with Crippen molar-refractivity contribution in [2.24, 2.45) is 0 Å². The van der Waals surface area contributed by atoms with Crippen molar-refractivity contribution in [3.63, 3.8) is 0 Å². The molecule has 4 aromatic rings. The van der Waals surface area contributed by atoms with Gasteiger partial charge >= 0.3 is 6.11 Å². The van der Waals surface area contributed by atoms with Gasteiger partial charge in [0.05, 0.1) is 4.47 Å². The van der Waals surface area contributed by atoms with Gasteiger partial charge in [-0.2, -0.15) is 8.78 Å². The quantitative estimate of drug-likeness (QED) is 0.156. The van der Waals surface area contributed by atoms with Crippen LogP contribution in [0.5, 0.6) is 5.75 Å². The van der Waals surface area contributed by atoms with Crippen LogP contribution >= 0.6 is 15.9 Å². The van der Waals surface area contributed by atoms with E-state index in [2.05, 4.69) is 27.6 Å². The molecule has 0 amide bonds. The molecule has 0 heterocycles. The third-order valence-corrected chi connectivity index (χ3v) is 6.40. The lowest BCUT2D eigenvalue weighted by Crippen LogP contribution is -2.25.